The molecule has 1 heterocycles. The molecule has 3 aromatic carbocycles. The van der Waals surface area contributed by atoms with E-state index in [4.69, 9.17) is 0 Å². The zero-order valence-corrected chi connectivity index (χ0v) is 17.0. The van der Waals surface area contributed by atoms with Crippen molar-refractivity contribution >= 4 is 0 Å². The number of benzene rings is 3. The van der Waals surface area contributed by atoms with Gasteiger partial charge in [0.1, 0.15) is 0 Å². The van der Waals surface area contributed by atoms with Gasteiger partial charge < -0.3 is 0 Å². The van der Waals surface area contributed by atoms with Crippen LogP contribution in [0.5, 0.6) is 0 Å². The summed E-state index contributed by atoms with van der Waals surface area (Å²) in [5.74, 6) is 0.568. The van der Waals surface area contributed by atoms with Crippen molar-refractivity contribution in [2.45, 2.75) is 39.0 Å². The topological polar surface area (TPSA) is 6.48 Å². The molecule has 2 nitrogen and oxygen atoms in total. The Bertz CT molecular complexity index is 806. The molecule has 144 valence electrons. The number of hydrogen-bond donors (Lipinski definition) is 0. The molecule has 0 bridgehead atoms. The van der Waals surface area contributed by atoms with Crippen LogP contribution in [0.25, 0.3) is 0 Å². The minimum atomic E-state index is 0.321. The van der Waals surface area contributed by atoms with Crippen molar-refractivity contribution in [3.8, 4) is 0 Å². The molecule has 3 aromatic rings. The highest BCUT2D eigenvalue weighted by atomic mass is 15.4. The summed E-state index contributed by atoms with van der Waals surface area (Å²) < 4.78 is 0. The van der Waals surface area contributed by atoms with Crippen molar-refractivity contribution < 1.29 is 0 Å². The van der Waals surface area contributed by atoms with Crippen LogP contribution in [-0.4, -0.2) is 22.9 Å². The summed E-state index contributed by atoms with van der Waals surface area (Å²) in [4.78, 5) is 5.23. The molecule has 28 heavy (non-hydrogen) atoms. The second-order valence-electron chi connectivity index (χ2n) is 8.11. The third-order valence-corrected chi connectivity index (χ3v) is 5.72. The molecule has 0 spiro atoms. The van der Waals surface area contributed by atoms with Gasteiger partial charge in [0.05, 0.1) is 6.17 Å². The molecule has 0 atom stereocenters. The highest BCUT2D eigenvalue weighted by Crippen LogP contribution is 2.33. The third-order valence-electron chi connectivity index (χ3n) is 5.72. The fourth-order valence-corrected chi connectivity index (χ4v) is 4.17. The van der Waals surface area contributed by atoms with Gasteiger partial charge in [0.15, 0.2) is 0 Å². The Labute approximate surface area is 169 Å². The Balaban J connectivity index is 1.60. The molecule has 0 amide bonds. The van der Waals surface area contributed by atoms with Crippen LogP contribution in [0.15, 0.2) is 84.9 Å². The standard InChI is InChI=1S/C26H30N2/c1-21(2)24-13-15-25(16-14-24)26-27(19-22-9-5-3-6-10-22)17-18-28(26)20-23-11-7-4-8-12-23/h3-16,21,26H,17-20H2,1-2H3. The van der Waals surface area contributed by atoms with Crippen LogP contribution in [0.1, 0.15) is 48.2 Å². The van der Waals surface area contributed by atoms with E-state index in [0.717, 1.165) is 26.2 Å². The van der Waals surface area contributed by atoms with E-state index in [1.54, 1.807) is 0 Å². The van der Waals surface area contributed by atoms with Crippen molar-refractivity contribution in [2.75, 3.05) is 13.1 Å². The van der Waals surface area contributed by atoms with Gasteiger partial charge in [-0.3, -0.25) is 9.80 Å². The lowest BCUT2D eigenvalue weighted by Crippen LogP contribution is -2.30. The average molecular weight is 371 g/mol. The van der Waals surface area contributed by atoms with Crippen molar-refractivity contribution in [2.24, 2.45) is 0 Å². The summed E-state index contributed by atoms with van der Waals surface area (Å²) in [6.07, 6.45) is 0.321. The molecule has 2 heteroatoms. The fourth-order valence-electron chi connectivity index (χ4n) is 4.17. The smallest absolute Gasteiger partial charge is 0.0892 e. The summed E-state index contributed by atoms with van der Waals surface area (Å²) >= 11 is 0. The molecule has 1 fully saturated rings. The molecule has 0 N–H and O–H groups in total. The molecule has 0 saturated carbocycles. The van der Waals surface area contributed by atoms with E-state index in [1.165, 1.54) is 22.3 Å². The lowest BCUT2D eigenvalue weighted by atomic mass is 10.0. The monoisotopic (exact) mass is 370 g/mol. The van der Waals surface area contributed by atoms with Crippen LogP contribution in [0, 0.1) is 0 Å². The summed E-state index contributed by atoms with van der Waals surface area (Å²) in [5, 5.41) is 0. The van der Waals surface area contributed by atoms with Crippen LogP contribution in [0.4, 0.5) is 0 Å². The van der Waals surface area contributed by atoms with Crippen LogP contribution in [0.2, 0.25) is 0 Å². The SMILES string of the molecule is CC(C)c1ccc(C2N(Cc3ccccc3)CCN2Cc2ccccc2)cc1. The van der Waals surface area contributed by atoms with Gasteiger partial charge in [0.25, 0.3) is 0 Å². The third kappa shape index (κ3) is 4.35. The number of nitrogens with zero attached hydrogens (tertiary/aromatic N) is 2. The molecule has 4 rings (SSSR count). The fraction of sp³-hybridized carbons (Fsp3) is 0.308. The Kier molecular flexibility index (Phi) is 5.90. The quantitative estimate of drug-likeness (QED) is 0.539. The first kappa shape index (κ1) is 18.9. The van der Waals surface area contributed by atoms with Gasteiger partial charge in [0.2, 0.25) is 0 Å². The maximum absolute atomic E-state index is 2.61. The van der Waals surface area contributed by atoms with Gasteiger partial charge in [-0.1, -0.05) is 98.8 Å². The maximum Gasteiger partial charge on any atom is 0.0892 e. The van der Waals surface area contributed by atoms with Crippen LogP contribution >= 0.6 is 0 Å². The van der Waals surface area contributed by atoms with Crippen LogP contribution < -0.4 is 0 Å². The van der Waals surface area contributed by atoms with E-state index in [9.17, 15) is 0 Å². The molecular formula is C26H30N2. The molecule has 1 aliphatic heterocycles. The predicted molar refractivity (Wildman–Crippen MR) is 117 cm³/mol. The van der Waals surface area contributed by atoms with E-state index < -0.39 is 0 Å². The predicted octanol–water partition coefficient (Wildman–Crippen LogP) is 5.83. The Hall–Kier alpha value is -2.42. The molecule has 1 aliphatic rings. The van der Waals surface area contributed by atoms with E-state index in [2.05, 4.69) is 109 Å². The van der Waals surface area contributed by atoms with E-state index in [0.29, 0.717) is 12.1 Å². The molecule has 0 aliphatic carbocycles. The van der Waals surface area contributed by atoms with Gasteiger partial charge >= 0.3 is 0 Å². The summed E-state index contributed by atoms with van der Waals surface area (Å²) in [6, 6.07) is 31.0. The second-order valence-corrected chi connectivity index (χ2v) is 8.11. The summed E-state index contributed by atoms with van der Waals surface area (Å²) in [7, 11) is 0. The molecule has 0 unspecified atom stereocenters. The molecular weight excluding hydrogens is 340 g/mol. The average Bonchev–Trinajstić information content (AvgIpc) is 3.11. The van der Waals surface area contributed by atoms with E-state index in [1.807, 2.05) is 0 Å². The van der Waals surface area contributed by atoms with E-state index >= 15 is 0 Å². The highest BCUT2D eigenvalue weighted by molar-refractivity contribution is 5.28. The highest BCUT2D eigenvalue weighted by Gasteiger charge is 2.33. The lowest BCUT2D eigenvalue weighted by molar-refractivity contribution is 0.126. The number of rotatable bonds is 6. The van der Waals surface area contributed by atoms with Crippen molar-refractivity contribution in [3.05, 3.63) is 107 Å². The normalized spacial score (nSPS) is 16.1. The van der Waals surface area contributed by atoms with Gasteiger partial charge in [-0.2, -0.15) is 0 Å². The van der Waals surface area contributed by atoms with Crippen LogP contribution in [0.3, 0.4) is 0 Å². The van der Waals surface area contributed by atoms with Crippen molar-refractivity contribution in [3.63, 3.8) is 0 Å². The second kappa shape index (κ2) is 8.72. The Morgan fingerprint density at radius 2 is 1.14 bits per heavy atom. The maximum atomic E-state index is 2.61. The zero-order valence-electron chi connectivity index (χ0n) is 17.0. The molecule has 1 saturated heterocycles. The van der Waals surface area contributed by atoms with Gasteiger partial charge in [-0.05, 0) is 28.2 Å². The van der Waals surface area contributed by atoms with Crippen LogP contribution in [-0.2, 0) is 13.1 Å². The number of hydrogen-bond acceptors (Lipinski definition) is 2. The summed E-state index contributed by atoms with van der Waals surface area (Å²) in [5.41, 5.74) is 5.57. The first-order valence-corrected chi connectivity index (χ1v) is 10.4. The van der Waals surface area contributed by atoms with Crippen molar-refractivity contribution in [1.29, 1.82) is 0 Å². The van der Waals surface area contributed by atoms with Crippen molar-refractivity contribution in [1.82, 2.24) is 9.80 Å². The van der Waals surface area contributed by atoms with E-state index in [-0.39, 0.29) is 0 Å². The Morgan fingerprint density at radius 3 is 1.57 bits per heavy atom. The molecule has 0 aromatic heterocycles. The first-order chi connectivity index (χ1) is 13.7. The first-order valence-electron chi connectivity index (χ1n) is 10.4. The minimum absolute atomic E-state index is 0.321. The van der Waals surface area contributed by atoms with Gasteiger partial charge in [-0.15, -0.1) is 0 Å². The van der Waals surface area contributed by atoms with Gasteiger partial charge in [0, 0.05) is 26.2 Å². The zero-order chi connectivity index (χ0) is 19.3. The minimum Gasteiger partial charge on any atom is -0.279 e. The Morgan fingerprint density at radius 1 is 0.679 bits per heavy atom. The van der Waals surface area contributed by atoms with Gasteiger partial charge in [-0.25, -0.2) is 0 Å². The lowest BCUT2D eigenvalue weighted by Gasteiger charge is -2.31. The largest absolute Gasteiger partial charge is 0.279 e. The summed E-state index contributed by atoms with van der Waals surface area (Å²) in [6.45, 7) is 8.68. The molecule has 0 radical (unpaired) electrons.